The number of rotatable bonds is 6. The van der Waals surface area contributed by atoms with Crippen molar-refractivity contribution in [3.05, 3.63) is 41.2 Å². The number of para-hydroxylation sites is 1. The molecule has 108 valence electrons. The molecular formula is C15H21N3O2. The van der Waals surface area contributed by atoms with Crippen molar-refractivity contribution in [2.24, 2.45) is 0 Å². The van der Waals surface area contributed by atoms with Crippen LogP contribution in [-0.4, -0.2) is 26.5 Å². The van der Waals surface area contributed by atoms with E-state index < -0.39 is 0 Å². The highest BCUT2D eigenvalue weighted by Gasteiger charge is 2.05. The molecule has 2 aromatic rings. The van der Waals surface area contributed by atoms with Crippen molar-refractivity contribution in [1.29, 1.82) is 0 Å². The van der Waals surface area contributed by atoms with Crippen molar-refractivity contribution < 1.29 is 10.2 Å². The van der Waals surface area contributed by atoms with Gasteiger partial charge in [0.25, 0.3) is 0 Å². The third-order valence-corrected chi connectivity index (χ3v) is 3.24. The van der Waals surface area contributed by atoms with E-state index in [0.717, 1.165) is 25.2 Å². The van der Waals surface area contributed by atoms with Gasteiger partial charge in [-0.3, -0.25) is 4.68 Å². The summed E-state index contributed by atoms with van der Waals surface area (Å²) in [6, 6.07) is 7.06. The van der Waals surface area contributed by atoms with Gasteiger partial charge in [-0.15, -0.1) is 0 Å². The van der Waals surface area contributed by atoms with Gasteiger partial charge in [-0.25, -0.2) is 0 Å². The summed E-state index contributed by atoms with van der Waals surface area (Å²) in [5.41, 5.74) is 2.92. The number of nitrogens with one attached hydrogen (secondary N) is 1. The molecule has 0 unspecified atom stereocenters. The Kier molecular flexibility index (Phi) is 4.63. The first-order chi connectivity index (χ1) is 9.58. The highest BCUT2D eigenvalue weighted by Crippen LogP contribution is 2.27. The third-order valence-electron chi connectivity index (χ3n) is 3.24. The fourth-order valence-corrected chi connectivity index (χ4v) is 2.20. The van der Waals surface area contributed by atoms with Crippen molar-refractivity contribution in [3.8, 4) is 11.5 Å². The van der Waals surface area contributed by atoms with Crippen LogP contribution in [-0.2, 0) is 13.1 Å². The lowest BCUT2D eigenvalue weighted by Crippen LogP contribution is -2.17. The van der Waals surface area contributed by atoms with Crippen LogP contribution < -0.4 is 5.32 Å². The van der Waals surface area contributed by atoms with Crippen LogP contribution in [0.3, 0.4) is 0 Å². The summed E-state index contributed by atoms with van der Waals surface area (Å²) in [4.78, 5) is 0. The molecule has 0 fully saturated rings. The molecule has 0 aliphatic rings. The number of aromatic nitrogens is 2. The lowest BCUT2D eigenvalue weighted by Gasteiger charge is -2.08. The molecule has 1 aromatic carbocycles. The normalized spacial score (nSPS) is 10.9. The van der Waals surface area contributed by atoms with Gasteiger partial charge in [-0.1, -0.05) is 12.1 Å². The second-order valence-corrected chi connectivity index (χ2v) is 4.97. The van der Waals surface area contributed by atoms with E-state index in [-0.39, 0.29) is 11.5 Å². The number of phenols is 2. The summed E-state index contributed by atoms with van der Waals surface area (Å²) in [6.45, 7) is 6.29. The average molecular weight is 275 g/mol. The second kappa shape index (κ2) is 6.43. The third kappa shape index (κ3) is 3.51. The van der Waals surface area contributed by atoms with Gasteiger partial charge < -0.3 is 15.5 Å². The van der Waals surface area contributed by atoms with Crippen LogP contribution in [0.5, 0.6) is 11.5 Å². The van der Waals surface area contributed by atoms with E-state index in [1.165, 1.54) is 11.8 Å². The van der Waals surface area contributed by atoms with E-state index in [1.807, 2.05) is 11.6 Å². The van der Waals surface area contributed by atoms with E-state index in [9.17, 15) is 10.2 Å². The molecule has 5 nitrogen and oxygen atoms in total. The predicted molar refractivity (Wildman–Crippen MR) is 77.8 cm³/mol. The molecule has 0 amide bonds. The predicted octanol–water partition coefficient (Wildman–Crippen LogP) is 2.09. The topological polar surface area (TPSA) is 70.3 Å². The molecule has 0 spiro atoms. The van der Waals surface area contributed by atoms with Gasteiger partial charge in [0.1, 0.15) is 0 Å². The average Bonchev–Trinajstić information content (AvgIpc) is 2.72. The smallest absolute Gasteiger partial charge is 0.161 e. The summed E-state index contributed by atoms with van der Waals surface area (Å²) < 4.78 is 2.00. The Hall–Kier alpha value is -2.01. The zero-order valence-electron chi connectivity index (χ0n) is 11.9. The highest BCUT2D eigenvalue weighted by atomic mass is 16.3. The van der Waals surface area contributed by atoms with Crippen LogP contribution in [0.2, 0.25) is 0 Å². The number of hydrogen-bond acceptors (Lipinski definition) is 4. The van der Waals surface area contributed by atoms with Gasteiger partial charge in [0.2, 0.25) is 0 Å². The van der Waals surface area contributed by atoms with Crippen molar-refractivity contribution in [3.63, 3.8) is 0 Å². The quantitative estimate of drug-likeness (QED) is 0.557. The maximum Gasteiger partial charge on any atom is 0.161 e. The molecule has 0 saturated carbocycles. The van der Waals surface area contributed by atoms with Gasteiger partial charge in [0.05, 0.1) is 5.69 Å². The fraction of sp³-hybridized carbons (Fsp3) is 0.400. The van der Waals surface area contributed by atoms with Gasteiger partial charge in [-0.05, 0) is 38.9 Å². The van der Waals surface area contributed by atoms with Crippen LogP contribution >= 0.6 is 0 Å². The number of benzene rings is 1. The molecule has 2 rings (SSSR count). The largest absolute Gasteiger partial charge is 0.504 e. The summed E-state index contributed by atoms with van der Waals surface area (Å²) >= 11 is 0. The molecular weight excluding hydrogens is 254 g/mol. The lowest BCUT2D eigenvalue weighted by molar-refractivity contribution is 0.397. The molecule has 1 aromatic heterocycles. The van der Waals surface area contributed by atoms with Crippen molar-refractivity contribution >= 4 is 0 Å². The first-order valence-corrected chi connectivity index (χ1v) is 6.79. The standard InChI is InChI=1S/C15H21N3O2/c1-11-9-12(2)18(17-11)8-4-7-16-10-13-5-3-6-14(19)15(13)20/h3,5-6,9,16,19-20H,4,7-8,10H2,1-2H3. The van der Waals surface area contributed by atoms with E-state index in [2.05, 4.69) is 23.4 Å². The summed E-state index contributed by atoms with van der Waals surface area (Å²) in [5, 5.41) is 26.7. The van der Waals surface area contributed by atoms with Crippen LogP contribution in [0.25, 0.3) is 0 Å². The number of aryl methyl sites for hydroxylation is 3. The van der Waals surface area contributed by atoms with Gasteiger partial charge in [0.15, 0.2) is 11.5 Å². The molecule has 0 aliphatic heterocycles. The molecule has 0 saturated heterocycles. The Balaban J connectivity index is 1.74. The van der Waals surface area contributed by atoms with Crippen LogP contribution in [0.4, 0.5) is 0 Å². The minimum atomic E-state index is -0.0769. The molecule has 0 aliphatic carbocycles. The minimum Gasteiger partial charge on any atom is -0.504 e. The lowest BCUT2D eigenvalue weighted by atomic mass is 10.2. The minimum absolute atomic E-state index is 0.0430. The monoisotopic (exact) mass is 275 g/mol. The Morgan fingerprint density at radius 1 is 1.25 bits per heavy atom. The SMILES string of the molecule is Cc1cc(C)n(CCCNCc2cccc(O)c2O)n1. The van der Waals surface area contributed by atoms with Gasteiger partial charge >= 0.3 is 0 Å². The summed E-state index contributed by atoms with van der Waals surface area (Å²) in [6.07, 6.45) is 0.960. The zero-order chi connectivity index (χ0) is 14.5. The Bertz CT molecular complexity index is 578. The Morgan fingerprint density at radius 2 is 2.05 bits per heavy atom. The van der Waals surface area contributed by atoms with Crippen LogP contribution in [0, 0.1) is 13.8 Å². The van der Waals surface area contributed by atoms with E-state index >= 15 is 0 Å². The van der Waals surface area contributed by atoms with E-state index in [1.54, 1.807) is 12.1 Å². The van der Waals surface area contributed by atoms with Crippen LogP contribution in [0.15, 0.2) is 24.3 Å². The highest BCUT2D eigenvalue weighted by molar-refractivity contribution is 5.44. The van der Waals surface area contributed by atoms with E-state index in [4.69, 9.17) is 0 Å². The maximum atomic E-state index is 9.67. The van der Waals surface area contributed by atoms with Crippen LogP contribution in [0.1, 0.15) is 23.4 Å². The van der Waals surface area contributed by atoms with E-state index in [0.29, 0.717) is 12.1 Å². The molecule has 0 atom stereocenters. The second-order valence-electron chi connectivity index (χ2n) is 4.97. The summed E-state index contributed by atoms with van der Waals surface area (Å²) in [7, 11) is 0. The Labute approximate surface area is 118 Å². The number of hydrogen-bond donors (Lipinski definition) is 3. The van der Waals surface area contributed by atoms with Gasteiger partial charge in [0, 0.05) is 24.3 Å². The van der Waals surface area contributed by atoms with Gasteiger partial charge in [-0.2, -0.15) is 5.10 Å². The number of aromatic hydroxyl groups is 2. The number of phenolic OH excluding ortho intramolecular Hbond substituents is 2. The maximum absolute atomic E-state index is 9.67. The van der Waals surface area contributed by atoms with Crippen molar-refractivity contribution in [2.45, 2.75) is 33.4 Å². The molecule has 0 radical (unpaired) electrons. The molecule has 1 heterocycles. The molecule has 3 N–H and O–H groups in total. The molecule has 5 heteroatoms. The zero-order valence-corrected chi connectivity index (χ0v) is 11.9. The molecule has 0 bridgehead atoms. The number of nitrogens with zero attached hydrogens (tertiary/aromatic N) is 2. The fourth-order valence-electron chi connectivity index (χ4n) is 2.20. The van der Waals surface area contributed by atoms with Crippen molar-refractivity contribution in [1.82, 2.24) is 15.1 Å². The first-order valence-electron chi connectivity index (χ1n) is 6.79. The molecule has 20 heavy (non-hydrogen) atoms. The Morgan fingerprint density at radius 3 is 2.75 bits per heavy atom. The van der Waals surface area contributed by atoms with Crippen molar-refractivity contribution in [2.75, 3.05) is 6.54 Å². The first kappa shape index (κ1) is 14.4. The summed E-state index contributed by atoms with van der Waals surface area (Å²) in [5.74, 6) is -0.120.